The van der Waals surface area contributed by atoms with Crippen LogP contribution in [0.1, 0.15) is 43.5 Å². The predicted molar refractivity (Wildman–Crippen MR) is 80.6 cm³/mol. The molecule has 6 nitrogen and oxygen atoms in total. The van der Waals surface area contributed by atoms with E-state index >= 15 is 0 Å². The first kappa shape index (κ1) is 16.5. The molecule has 1 aromatic rings. The van der Waals surface area contributed by atoms with Crippen molar-refractivity contribution in [2.75, 3.05) is 19.7 Å². The first-order valence-electron chi connectivity index (χ1n) is 7.63. The quantitative estimate of drug-likeness (QED) is 0.892. The second-order valence-electron chi connectivity index (χ2n) is 5.62. The number of hydrogen-bond acceptors (Lipinski definition) is 4. The molecule has 1 saturated heterocycles. The fraction of sp³-hybridized carbons (Fsp3) is 0.786. The van der Waals surface area contributed by atoms with Gasteiger partial charge in [0.15, 0.2) is 0 Å². The molecule has 0 bridgehead atoms. The van der Waals surface area contributed by atoms with Gasteiger partial charge in [0, 0.05) is 26.2 Å². The van der Waals surface area contributed by atoms with Crippen LogP contribution in [0.5, 0.6) is 0 Å². The van der Waals surface area contributed by atoms with Crippen molar-refractivity contribution in [3.05, 3.63) is 11.4 Å². The topological polar surface area (TPSA) is 75.4 Å². The van der Waals surface area contributed by atoms with Gasteiger partial charge in [0.05, 0.1) is 11.4 Å². The molecule has 21 heavy (non-hydrogen) atoms. The molecule has 1 aliphatic heterocycles. The van der Waals surface area contributed by atoms with Crippen molar-refractivity contribution in [2.24, 2.45) is 0 Å². The molecule has 0 atom stereocenters. The fourth-order valence-electron chi connectivity index (χ4n) is 2.90. The van der Waals surface area contributed by atoms with Crippen LogP contribution >= 0.6 is 0 Å². The summed E-state index contributed by atoms with van der Waals surface area (Å²) >= 11 is 0. The number of hydrogen-bond donors (Lipinski definition) is 1. The van der Waals surface area contributed by atoms with E-state index in [0.29, 0.717) is 42.3 Å². The molecule has 0 aliphatic carbocycles. The van der Waals surface area contributed by atoms with Gasteiger partial charge in [-0.2, -0.15) is 9.40 Å². The van der Waals surface area contributed by atoms with Crippen molar-refractivity contribution < 1.29 is 13.5 Å². The summed E-state index contributed by atoms with van der Waals surface area (Å²) in [6, 6.07) is 0. The molecule has 120 valence electrons. The maximum atomic E-state index is 12.9. The second kappa shape index (κ2) is 6.89. The smallest absolute Gasteiger partial charge is 0.246 e. The molecule has 0 amide bonds. The lowest BCUT2D eigenvalue weighted by Crippen LogP contribution is -2.32. The first-order valence-corrected chi connectivity index (χ1v) is 9.07. The lowest BCUT2D eigenvalue weighted by atomic mass is 10.2. The number of aliphatic hydroxyl groups excluding tert-OH is 1. The van der Waals surface area contributed by atoms with E-state index < -0.39 is 10.0 Å². The summed E-state index contributed by atoms with van der Waals surface area (Å²) in [5.74, 6) is 0. The summed E-state index contributed by atoms with van der Waals surface area (Å²) < 4.78 is 29.1. The SMILES string of the molecule is Cc1nn(CCCO)c(C)c1S(=O)(=O)N1CCCCCC1. The van der Waals surface area contributed by atoms with Crippen molar-refractivity contribution in [3.63, 3.8) is 0 Å². The Morgan fingerprint density at radius 1 is 1.14 bits per heavy atom. The Hall–Kier alpha value is -0.920. The third-order valence-electron chi connectivity index (χ3n) is 4.01. The van der Waals surface area contributed by atoms with Gasteiger partial charge in [-0.15, -0.1) is 0 Å². The number of aromatic nitrogens is 2. The largest absolute Gasteiger partial charge is 0.396 e. The minimum atomic E-state index is -3.46. The Labute approximate surface area is 126 Å². The number of sulfonamides is 1. The first-order chi connectivity index (χ1) is 9.98. The standard InChI is InChI=1S/C14H25N3O3S/c1-12-14(13(2)17(15-12)10-7-11-18)21(19,20)16-8-5-3-4-6-9-16/h18H,3-11H2,1-2H3. The highest BCUT2D eigenvalue weighted by molar-refractivity contribution is 7.89. The number of aryl methyl sites for hydroxylation is 2. The van der Waals surface area contributed by atoms with E-state index in [-0.39, 0.29) is 6.61 Å². The summed E-state index contributed by atoms with van der Waals surface area (Å²) in [4.78, 5) is 0.349. The Morgan fingerprint density at radius 2 is 1.76 bits per heavy atom. The van der Waals surface area contributed by atoms with Crippen LogP contribution in [0.2, 0.25) is 0 Å². The van der Waals surface area contributed by atoms with E-state index in [2.05, 4.69) is 5.10 Å². The molecule has 0 aromatic carbocycles. The molecule has 1 N–H and O–H groups in total. The molecule has 1 aromatic heterocycles. The Balaban J connectivity index is 2.32. The summed E-state index contributed by atoms with van der Waals surface area (Å²) in [6.45, 7) is 5.35. The molecule has 0 unspecified atom stereocenters. The minimum absolute atomic E-state index is 0.0759. The average molecular weight is 315 g/mol. The lowest BCUT2D eigenvalue weighted by molar-refractivity contribution is 0.276. The third kappa shape index (κ3) is 3.46. The molecule has 0 radical (unpaired) electrons. The summed E-state index contributed by atoms with van der Waals surface area (Å²) in [7, 11) is -3.46. The van der Waals surface area contributed by atoms with Crippen LogP contribution in [0.3, 0.4) is 0 Å². The van der Waals surface area contributed by atoms with E-state index in [1.807, 2.05) is 0 Å². The van der Waals surface area contributed by atoms with Gasteiger partial charge in [-0.1, -0.05) is 12.8 Å². The normalized spacial score (nSPS) is 17.9. The van der Waals surface area contributed by atoms with Gasteiger partial charge in [-0.3, -0.25) is 4.68 Å². The highest BCUT2D eigenvalue weighted by Crippen LogP contribution is 2.25. The van der Waals surface area contributed by atoms with Crippen LogP contribution < -0.4 is 0 Å². The van der Waals surface area contributed by atoms with Gasteiger partial charge in [0.1, 0.15) is 4.90 Å². The maximum Gasteiger partial charge on any atom is 0.246 e. The van der Waals surface area contributed by atoms with Crippen molar-refractivity contribution >= 4 is 10.0 Å². The molecule has 0 spiro atoms. The summed E-state index contributed by atoms with van der Waals surface area (Å²) in [5.41, 5.74) is 1.22. The van der Waals surface area contributed by atoms with Crippen LogP contribution in [0.25, 0.3) is 0 Å². The van der Waals surface area contributed by atoms with E-state index in [4.69, 9.17) is 5.11 Å². The van der Waals surface area contributed by atoms with Gasteiger partial charge >= 0.3 is 0 Å². The number of rotatable bonds is 5. The monoisotopic (exact) mass is 315 g/mol. The maximum absolute atomic E-state index is 12.9. The van der Waals surface area contributed by atoms with Crippen molar-refractivity contribution in [2.45, 2.75) is 57.4 Å². The number of aliphatic hydroxyl groups is 1. The molecule has 0 saturated carbocycles. The molecule has 1 fully saturated rings. The predicted octanol–water partition coefficient (Wildman–Crippen LogP) is 1.45. The molecular weight excluding hydrogens is 290 g/mol. The van der Waals surface area contributed by atoms with Gasteiger partial charge in [-0.25, -0.2) is 8.42 Å². The molecule has 1 aliphatic rings. The fourth-order valence-corrected chi connectivity index (χ4v) is 4.79. The van der Waals surface area contributed by atoms with E-state index in [0.717, 1.165) is 25.7 Å². The number of nitrogens with zero attached hydrogens (tertiary/aromatic N) is 3. The zero-order valence-electron chi connectivity index (χ0n) is 12.9. The van der Waals surface area contributed by atoms with E-state index in [9.17, 15) is 8.42 Å². The zero-order chi connectivity index (χ0) is 15.5. The van der Waals surface area contributed by atoms with Gasteiger partial charge < -0.3 is 5.11 Å². The average Bonchev–Trinajstić information content (AvgIpc) is 2.63. The lowest BCUT2D eigenvalue weighted by Gasteiger charge is -2.20. The second-order valence-corrected chi connectivity index (χ2v) is 7.49. The molecule has 7 heteroatoms. The van der Waals surface area contributed by atoms with Gasteiger partial charge in [0.25, 0.3) is 0 Å². The highest BCUT2D eigenvalue weighted by Gasteiger charge is 2.31. The van der Waals surface area contributed by atoms with Crippen LogP contribution in [0.15, 0.2) is 4.90 Å². The van der Waals surface area contributed by atoms with E-state index in [1.165, 1.54) is 0 Å². The van der Waals surface area contributed by atoms with Crippen LogP contribution in [-0.4, -0.2) is 47.3 Å². The van der Waals surface area contributed by atoms with Crippen LogP contribution in [0, 0.1) is 13.8 Å². The summed E-state index contributed by atoms with van der Waals surface area (Å²) in [6.07, 6.45) is 4.62. The van der Waals surface area contributed by atoms with Crippen LogP contribution in [0.4, 0.5) is 0 Å². The van der Waals surface area contributed by atoms with Gasteiger partial charge in [-0.05, 0) is 33.1 Å². The Morgan fingerprint density at radius 3 is 2.33 bits per heavy atom. The van der Waals surface area contributed by atoms with Gasteiger partial charge in [0.2, 0.25) is 10.0 Å². The molecular formula is C14H25N3O3S. The highest BCUT2D eigenvalue weighted by atomic mass is 32.2. The minimum Gasteiger partial charge on any atom is -0.396 e. The van der Waals surface area contributed by atoms with Crippen molar-refractivity contribution in [3.8, 4) is 0 Å². The van der Waals surface area contributed by atoms with E-state index in [1.54, 1.807) is 22.8 Å². The zero-order valence-corrected chi connectivity index (χ0v) is 13.7. The van der Waals surface area contributed by atoms with Crippen LogP contribution in [-0.2, 0) is 16.6 Å². The van der Waals surface area contributed by atoms with Crippen molar-refractivity contribution in [1.82, 2.24) is 14.1 Å². The molecule has 2 heterocycles. The third-order valence-corrected chi connectivity index (χ3v) is 6.16. The Kier molecular flexibility index (Phi) is 5.40. The molecule has 2 rings (SSSR count). The Bertz CT molecular complexity index is 573. The summed E-state index contributed by atoms with van der Waals surface area (Å²) in [5, 5.41) is 13.3. The van der Waals surface area contributed by atoms with Crippen molar-refractivity contribution in [1.29, 1.82) is 0 Å².